The van der Waals surface area contributed by atoms with Crippen LogP contribution in [0.2, 0.25) is 0 Å². The Balaban J connectivity index is 1.87. The van der Waals surface area contributed by atoms with E-state index in [-0.39, 0.29) is 23.3 Å². The predicted octanol–water partition coefficient (Wildman–Crippen LogP) is 3.13. The summed E-state index contributed by atoms with van der Waals surface area (Å²) < 4.78 is 0.206. The number of carbonyl (C=O) groups is 1. The number of nitrogens with zero attached hydrogens (tertiary/aromatic N) is 2. The fraction of sp³-hybridized carbons (Fsp3) is 0.667. The third-order valence-corrected chi connectivity index (χ3v) is 5.75. The molecule has 0 aliphatic carbocycles. The van der Waals surface area contributed by atoms with Crippen molar-refractivity contribution >= 4 is 40.7 Å². The molecular formula is C18H24Cl3N3O2. The highest BCUT2D eigenvalue weighted by Gasteiger charge is 2.45. The van der Waals surface area contributed by atoms with Crippen LogP contribution in [0.3, 0.4) is 0 Å². The summed E-state index contributed by atoms with van der Waals surface area (Å²) in [6.07, 6.45) is 0.284. The van der Waals surface area contributed by atoms with Gasteiger partial charge in [-0.1, -0.05) is 61.6 Å². The highest BCUT2D eigenvalue weighted by Crippen LogP contribution is 2.40. The zero-order chi connectivity index (χ0) is 19.3. The number of fused-ring (bicyclic) bond motifs is 4. The van der Waals surface area contributed by atoms with Gasteiger partial charge in [0, 0.05) is 42.7 Å². The van der Waals surface area contributed by atoms with Crippen molar-refractivity contribution < 1.29 is 4.79 Å². The maximum Gasteiger partial charge on any atom is 0.250 e. The summed E-state index contributed by atoms with van der Waals surface area (Å²) in [5, 5.41) is 2.91. The number of alkyl halides is 3. The molecule has 1 unspecified atom stereocenters. The summed E-state index contributed by atoms with van der Waals surface area (Å²) >= 11 is 18.7. The van der Waals surface area contributed by atoms with Crippen LogP contribution < -0.4 is 10.9 Å². The molecule has 8 heteroatoms. The molecule has 1 saturated heterocycles. The van der Waals surface area contributed by atoms with E-state index in [1.807, 2.05) is 36.3 Å². The van der Waals surface area contributed by atoms with E-state index in [2.05, 4.69) is 5.32 Å². The Bertz CT molecular complexity index is 751. The van der Waals surface area contributed by atoms with Crippen LogP contribution in [-0.4, -0.2) is 38.4 Å². The minimum Gasteiger partial charge on any atom is -0.336 e. The van der Waals surface area contributed by atoms with Crippen molar-refractivity contribution in [3.05, 3.63) is 34.2 Å². The third kappa shape index (κ3) is 4.06. The van der Waals surface area contributed by atoms with Crippen molar-refractivity contribution in [3.63, 3.8) is 0 Å². The second-order valence-electron chi connectivity index (χ2n) is 8.32. The lowest BCUT2D eigenvalue weighted by Gasteiger charge is -2.47. The zero-order valence-electron chi connectivity index (χ0n) is 15.1. The first-order chi connectivity index (χ1) is 12.0. The molecule has 3 atom stereocenters. The van der Waals surface area contributed by atoms with Crippen LogP contribution >= 0.6 is 34.8 Å². The van der Waals surface area contributed by atoms with Gasteiger partial charge in [-0.05, 0) is 18.4 Å². The average molecular weight is 421 g/mol. The number of carbonyl (C=O) groups excluding carboxylic acids is 1. The highest BCUT2D eigenvalue weighted by molar-refractivity contribution is 6.68. The van der Waals surface area contributed by atoms with Gasteiger partial charge in [0.1, 0.15) is 6.17 Å². The number of amides is 1. The Morgan fingerprint density at radius 3 is 2.50 bits per heavy atom. The number of rotatable bonds is 2. The number of hydrogen-bond donors (Lipinski definition) is 1. The van der Waals surface area contributed by atoms with Crippen LogP contribution in [0.4, 0.5) is 0 Å². The molecule has 3 rings (SSSR count). The van der Waals surface area contributed by atoms with Crippen molar-refractivity contribution in [2.45, 2.75) is 49.6 Å². The lowest BCUT2D eigenvalue weighted by Crippen LogP contribution is -2.61. The zero-order valence-corrected chi connectivity index (χ0v) is 17.4. The summed E-state index contributed by atoms with van der Waals surface area (Å²) in [5.41, 5.74) is 0.466. The molecule has 144 valence electrons. The van der Waals surface area contributed by atoms with Gasteiger partial charge < -0.3 is 9.88 Å². The van der Waals surface area contributed by atoms with Crippen LogP contribution in [0, 0.1) is 11.3 Å². The molecule has 1 aromatic rings. The molecule has 5 nitrogen and oxygen atoms in total. The maximum atomic E-state index is 12.5. The Hall–Kier alpha value is -0.750. The van der Waals surface area contributed by atoms with Crippen LogP contribution in [0.25, 0.3) is 0 Å². The number of pyridine rings is 1. The fourth-order valence-corrected chi connectivity index (χ4v) is 4.44. The van der Waals surface area contributed by atoms with Gasteiger partial charge in [0.2, 0.25) is 9.70 Å². The van der Waals surface area contributed by atoms with Crippen molar-refractivity contribution in [3.8, 4) is 0 Å². The van der Waals surface area contributed by atoms with Gasteiger partial charge in [-0.25, -0.2) is 0 Å². The van der Waals surface area contributed by atoms with E-state index < -0.39 is 15.4 Å². The van der Waals surface area contributed by atoms with E-state index in [1.165, 1.54) is 0 Å². The number of aromatic nitrogens is 1. The average Bonchev–Trinajstić information content (AvgIpc) is 2.51. The van der Waals surface area contributed by atoms with Gasteiger partial charge in [0.15, 0.2) is 0 Å². The normalized spacial score (nSPS) is 24.7. The number of likely N-dealkylation sites (tertiary alicyclic amines) is 1. The van der Waals surface area contributed by atoms with Crippen LogP contribution in [0.1, 0.15) is 38.8 Å². The molecule has 1 aromatic heterocycles. The summed E-state index contributed by atoms with van der Waals surface area (Å²) in [4.78, 5) is 26.7. The van der Waals surface area contributed by atoms with Crippen LogP contribution in [-0.2, 0) is 11.3 Å². The molecule has 2 aliphatic rings. The third-order valence-electron chi connectivity index (χ3n) is 5.13. The van der Waals surface area contributed by atoms with Crippen molar-refractivity contribution in [2.24, 2.45) is 11.3 Å². The van der Waals surface area contributed by atoms with Gasteiger partial charge in [0.05, 0.1) is 0 Å². The summed E-state index contributed by atoms with van der Waals surface area (Å²) in [6, 6.07) is 5.38. The van der Waals surface area contributed by atoms with E-state index in [9.17, 15) is 9.59 Å². The van der Waals surface area contributed by atoms with Gasteiger partial charge in [-0.3, -0.25) is 14.5 Å². The molecule has 1 amide bonds. The van der Waals surface area contributed by atoms with Crippen LogP contribution in [0.15, 0.2) is 23.0 Å². The van der Waals surface area contributed by atoms with Gasteiger partial charge in [-0.15, -0.1) is 0 Å². The molecule has 0 aromatic carbocycles. The first-order valence-electron chi connectivity index (χ1n) is 8.78. The second kappa shape index (κ2) is 7.01. The molecular weight excluding hydrogens is 397 g/mol. The lowest BCUT2D eigenvalue weighted by molar-refractivity contribution is -0.131. The Labute approximate surface area is 168 Å². The molecule has 0 saturated carbocycles. The smallest absolute Gasteiger partial charge is 0.250 e. The monoisotopic (exact) mass is 419 g/mol. The van der Waals surface area contributed by atoms with Crippen molar-refractivity contribution in [1.29, 1.82) is 0 Å². The summed E-state index contributed by atoms with van der Waals surface area (Å²) in [7, 11) is 0. The van der Waals surface area contributed by atoms with E-state index in [0.29, 0.717) is 19.6 Å². The van der Waals surface area contributed by atoms with Gasteiger partial charge >= 0.3 is 0 Å². The molecule has 2 aliphatic heterocycles. The number of nitrogens with one attached hydrogen (secondary N) is 1. The minimum atomic E-state index is -1.65. The molecule has 1 fully saturated rings. The lowest BCUT2D eigenvalue weighted by atomic mass is 9.83. The number of piperidine rings is 1. The SMILES string of the molecule is CC(C)(C)C(=O)NC(N1C[C@H]2C[C@H](C1)c1cccc(=O)n1C2)C(Cl)(Cl)Cl. The Morgan fingerprint density at radius 2 is 1.88 bits per heavy atom. The van der Waals surface area contributed by atoms with Crippen LogP contribution in [0.5, 0.6) is 0 Å². The van der Waals surface area contributed by atoms with Crippen molar-refractivity contribution in [2.75, 3.05) is 13.1 Å². The molecule has 0 radical (unpaired) electrons. The summed E-state index contributed by atoms with van der Waals surface area (Å²) in [6.45, 7) is 7.42. The highest BCUT2D eigenvalue weighted by atomic mass is 35.6. The Morgan fingerprint density at radius 1 is 1.19 bits per heavy atom. The minimum absolute atomic E-state index is 0.0320. The van der Waals surface area contributed by atoms with E-state index in [4.69, 9.17) is 34.8 Å². The maximum absolute atomic E-state index is 12.5. The van der Waals surface area contributed by atoms with Gasteiger partial charge in [0.25, 0.3) is 5.56 Å². The quantitative estimate of drug-likeness (QED) is 0.748. The predicted molar refractivity (Wildman–Crippen MR) is 105 cm³/mol. The first-order valence-corrected chi connectivity index (χ1v) is 9.91. The summed E-state index contributed by atoms with van der Waals surface area (Å²) in [5.74, 6) is 0.293. The van der Waals surface area contributed by atoms with E-state index in [1.54, 1.807) is 12.1 Å². The Kier molecular flexibility index (Phi) is 5.39. The van der Waals surface area contributed by atoms with Crippen molar-refractivity contribution in [1.82, 2.24) is 14.8 Å². The second-order valence-corrected chi connectivity index (χ2v) is 10.7. The number of halogens is 3. The molecule has 0 spiro atoms. The molecule has 2 bridgehead atoms. The first kappa shape index (κ1) is 20.0. The molecule has 1 N–H and O–H groups in total. The standard InChI is InChI=1S/C18H24Cl3N3O2/c1-17(2,3)16(26)22-15(18(19,20)21)23-8-11-7-12(10-23)13-5-4-6-14(25)24(13)9-11/h4-6,11-12,15H,7-10H2,1-3H3,(H,22,26)/t11-,12-,15?/m1/s1. The molecule has 26 heavy (non-hydrogen) atoms. The largest absolute Gasteiger partial charge is 0.336 e. The van der Waals surface area contributed by atoms with Gasteiger partial charge in [-0.2, -0.15) is 0 Å². The topological polar surface area (TPSA) is 54.3 Å². The fourth-order valence-electron chi connectivity index (χ4n) is 3.87. The molecule has 3 heterocycles. The number of hydrogen-bond acceptors (Lipinski definition) is 3. The van der Waals surface area contributed by atoms with E-state index >= 15 is 0 Å². The van der Waals surface area contributed by atoms with E-state index in [0.717, 1.165) is 12.1 Å².